The van der Waals surface area contributed by atoms with Gasteiger partial charge in [0.25, 0.3) is 5.91 Å². The number of hydrogen-bond donors (Lipinski definition) is 1. The minimum absolute atomic E-state index is 0.0631. The van der Waals surface area contributed by atoms with Gasteiger partial charge in [0.05, 0.1) is 12.3 Å². The molecule has 0 radical (unpaired) electrons. The number of fused-ring (bicyclic) bond motifs is 3. The monoisotopic (exact) mass is 296 g/mol. The first-order valence-electron chi connectivity index (χ1n) is 8.29. The third kappa shape index (κ3) is 1.70. The topological polar surface area (TPSA) is 45.5 Å². The van der Waals surface area contributed by atoms with E-state index in [-0.39, 0.29) is 11.4 Å². The van der Waals surface area contributed by atoms with Crippen LogP contribution in [0.1, 0.15) is 36.0 Å². The van der Waals surface area contributed by atoms with Crippen molar-refractivity contribution in [1.82, 2.24) is 10.2 Å². The highest BCUT2D eigenvalue weighted by Gasteiger charge is 2.60. The fourth-order valence-electron chi connectivity index (χ4n) is 4.65. The van der Waals surface area contributed by atoms with Crippen molar-refractivity contribution in [3.63, 3.8) is 0 Å². The summed E-state index contributed by atoms with van der Waals surface area (Å²) in [6.45, 7) is 2.44. The van der Waals surface area contributed by atoms with Crippen molar-refractivity contribution < 1.29 is 9.21 Å². The summed E-state index contributed by atoms with van der Waals surface area (Å²) in [5.74, 6) is 0.724. The number of piperidine rings is 3. The van der Waals surface area contributed by atoms with E-state index in [0.717, 1.165) is 16.5 Å². The molecular weight excluding hydrogens is 276 g/mol. The zero-order chi connectivity index (χ0) is 14.7. The Morgan fingerprint density at radius 2 is 2.05 bits per heavy atom. The molecule has 3 aliphatic heterocycles. The minimum Gasteiger partial charge on any atom is -0.464 e. The Balaban J connectivity index is 1.42. The first-order valence-corrected chi connectivity index (χ1v) is 8.29. The number of amides is 1. The van der Waals surface area contributed by atoms with E-state index in [0.29, 0.717) is 12.0 Å². The van der Waals surface area contributed by atoms with Crippen LogP contribution < -0.4 is 5.32 Å². The molecule has 114 valence electrons. The van der Waals surface area contributed by atoms with E-state index >= 15 is 0 Å². The van der Waals surface area contributed by atoms with Crippen LogP contribution in [-0.4, -0.2) is 35.5 Å². The van der Waals surface area contributed by atoms with Gasteiger partial charge in [0.1, 0.15) is 5.58 Å². The molecule has 4 heterocycles. The largest absolute Gasteiger partial charge is 0.464 e. The number of hydrogen-bond acceptors (Lipinski definition) is 3. The summed E-state index contributed by atoms with van der Waals surface area (Å²) in [5, 5.41) is 4.35. The molecule has 1 atom stereocenters. The van der Waals surface area contributed by atoms with Crippen LogP contribution in [0.3, 0.4) is 0 Å². The van der Waals surface area contributed by atoms with E-state index in [1.54, 1.807) is 6.26 Å². The van der Waals surface area contributed by atoms with Crippen molar-refractivity contribution in [2.75, 3.05) is 13.1 Å². The van der Waals surface area contributed by atoms with Gasteiger partial charge in [0.2, 0.25) is 0 Å². The Labute approximate surface area is 129 Å². The van der Waals surface area contributed by atoms with E-state index in [1.165, 1.54) is 38.8 Å². The molecule has 1 N–H and O–H groups in total. The average Bonchev–Trinajstić information content (AvgIpc) is 3.18. The maximum atomic E-state index is 12.7. The molecular formula is C18H20N2O2. The highest BCUT2D eigenvalue weighted by atomic mass is 16.3. The maximum Gasteiger partial charge on any atom is 0.251 e. The third-order valence-electron chi connectivity index (χ3n) is 5.98. The molecule has 2 aromatic rings. The van der Waals surface area contributed by atoms with Crippen molar-refractivity contribution >= 4 is 16.9 Å². The molecule has 1 amide bonds. The molecule has 1 spiro atoms. The van der Waals surface area contributed by atoms with Crippen LogP contribution in [0.5, 0.6) is 0 Å². The number of nitrogens with zero attached hydrogens (tertiary/aromatic N) is 1. The number of nitrogens with one attached hydrogen (secondary N) is 1. The zero-order valence-electron chi connectivity index (χ0n) is 12.5. The standard InChI is InChI=1S/C18H20N2O2/c21-17(14-1-2-15-13(11-14)5-10-22-15)19-16-12-3-8-20(9-4-12)18(16)6-7-18/h1-2,5,10-12,16H,3-4,6-9H2,(H,19,21). The summed E-state index contributed by atoms with van der Waals surface area (Å²) < 4.78 is 5.35. The van der Waals surface area contributed by atoms with E-state index in [2.05, 4.69) is 10.2 Å². The summed E-state index contributed by atoms with van der Waals surface area (Å²) in [5.41, 5.74) is 1.86. The quantitative estimate of drug-likeness (QED) is 0.927. The van der Waals surface area contributed by atoms with E-state index in [9.17, 15) is 4.79 Å². The van der Waals surface area contributed by atoms with Gasteiger partial charge in [0, 0.05) is 16.5 Å². The molecule has 1 aromatic heterocycles. The van der Waals surface area contributed by atoms with Crippen LogP contribution >= 0.6 is 0 Å². The molecule has 1 aromatic carbocycles. The number of furan rings is 1. The second kappa shape index (κ2) is 4.35. The molecule has 22 heavy (non-hydrogen) atoms. The Morgan fingerprint density at radius 3 is 2.82 bits per heavy atom. The summed E-state index contributed by atoms with van der Waals surface area (Å²) in [7, 11) is 0. The minimum atomic E-state index is 0.0631. The normalized spacial score (nSPS) is 31.5. The molecule has 6 rings (SSSR count). The van der Waals surface area contributed by atoms with Gasteiger partial charge in [0.15, 0.2) is 0 Å². The van der Waals surface area contributed by atoms with Gasteiger partial charge in [-0.15, -0.1) is 0 Å². The molecule has 1 saturated carbocycles. The van der Waals surface area contributed by atoms with Crippen molar-refractivity contribution in [1.29, 1.82) is 0 Å². The van der Waals surface area contributed by atoms with Crippen LogP contribution in [0.2, 0.25) is 0 Å². The Kier molecular flexibility index (Phi) is 2.51. The van der Waals surface area contributed by atoms with Gasteiger partial charge in [-0.05, 0) is 69.0 Å². The fraction of sp³-hybridized carbons (Fsp3) is 0.500. The smallest absolute Gasteiger partial charge is 0.251 e. The van der Waals surface area contributed by atoms with Crippen LogP contribution in [-0.2, 0) is 0 Å². The third-order valence-corrected chi connectivity index (χ3v) is 5.98. The second-order valence-electron chi connectivity index (χ2n) is 7.05. The molecule has 4 aliphatic rings. The Hall–Kier alpha value is -1.81. The lowest BCUT2D eigenvalue weighted by Gasteiger charge is -2.52. The SMILES string of the molecule is O=C(NC1C2CCN(CC2)C12CC2)c1ccc2occc2c1. The number of rotatable bonds is 2. The van der Waals surface area contributed by atoms with Crippen molar-refractivity contribution in [3.8, 4) is 0 Å². The lowest BCUT2D eigenvalue weighted by atomic mass is 9.77. The first-order chi connectivity index (χ1) is 10.8. The molecule has 1 unspecified atom stereocenters. The van der Waals surface area contributed by atoms with Gasteiger partial charge < -0.3 is 9.73 Å². The Bertz CT molecular complexity index is 738. The van der Waals surface area contributed by atoms with Gasteiger partial charge >= 0.3 is 0 Å². The van der Waals surface area contributed by atoms with E-state index in [4.69, 9.17) is 4.42 Å². The Morgan fingerprint density at radius 1 is 1.23 bits per heavy atom. The van der Waals surface area contributed by atoms with Crippen LogP contribution in [0, 0.1) is 5.92 Å². The molecule has 4 nitrogen and oxygen atoms in total. The van der Waals surface area contributed by atoms with Gasteiger partial charge in [-0.25, -0.2) is 0 Å². The molecule has 2 bridgehead atoms. The predicted octanol–water partition coefficient (Wildman–Crippen LogP) is 2.79. The average molecular weight is 296 g/mol. The zero-order valence-corrected chi connectivity index (χ0v) is 12.5. The lowest BCUT2D eigenvalue weighted by molar-refractivity contribution is -0.00144. The molecule has 1 aliphatic carbocycles. The van der Waals surface area contributed by atoms with Gasteiger partial charge in [-0.3, -0.25) is 9.69 Å². The fourth-order valence-corrected chi connectivity index (χ4v) is 4.65. The maximum absolute atomic E-state index is 12.7. The van der Waals surface area contributed by atoms with Crippen LogP contribution in [0.25, 0.3) is 11.0 Å². The van der Waals surface area contributed by atoms with Crippen molar-refractivity contribution in [2.24, 2.45) is 5.92 Å². The van der Waals surface area contributed by atoms with Crippen molar-refractivity contribution in [2.45, 2.75) is 37.3 Å². The second-order valence-corrected chi connectivity index (χ2v) is 7.05. The number of benzene rings is 1. The first kappa shape index (κ1) is 12.7. The molecule has 4 fully saturated rings. The number of carbonyl (C=O) groups excluding carboxylic acids is 1. The summed E-state index contributed by atoms with van der Waals surface area (Å²) >= 11 is 0. The molecule has 3 saturated heterocycles. The van der Waals surface area contributed by atoms with E-state index in [1.807, 2.05) is 24.3 Å². The number of carbonyl (C=O) groups is 1. The van der Waals surface area contributed by atoms with Gasteiger partial charge in [-0.2, -0.15) is 0 Å². The predicted molar refractivity (Wildman–Crippen MR) is 83.7 cm³/mol. The summed E-state index contributed by atoms with van der Waals surface area (Å²) in [6.07, 6.45) is 6.62. The van der Waals surface area contributed by atoms with Crippen LogP contribution in [0.4, 0.5) is 0 Å². The highest BCUT2D eigenvalue weighted by Crippen LogP contribution is 2.53. The summed E-state index contributed by atoms with van der Waals surface area (Å²) in [6, 6.07) is 7.91. The van der Waals surface area contributed by atoms with Gasteiger partial charge in [-0.1, -0.05) is 0 Å². The molecule has 4 heteroatoms. The summed E-state index contributed by atoms with van der Waals surface area (Å²) in [4.78, 5) is 15.3. The van der Waals surface area contributed by atoms with Crippen molar-refractivity contribution in [3.05, 3.63) is 36.1 Å². The van der Waals surface area contributed by atoms with Crippen LogP contribution in [0.15, 0.2) is 34.9 Å². The van der Waals surface area contributed by atoms with E-state index < -0.39 is 0 Å². The lowest BCUT2D eigenvalue weighted by Crippen LogP contribution is -2.65. The highest BCUT2D eigenvalue weighted by molar-refractivity contribution is 5.98.